The number of piperidine rings is 1. The third-order valence-corrected chi connectivity index (χ3v) is 8.27. The highest BCUT2D eigenvalue weighted by Gasteiger charge is 2.56. The van der Waals surface area contributed by atoms with Crippen LogP contribution >= 0.6 is 0 Å². The van der Waals surface area contributed by atoms with Crippen LogP contribution < -0.4 is 5.32 Å². The first kappa shape index (κ1) is 18.7. The first-order chi connectivity index (χ1) is 13.7. The fourth-order valence-corrected chi connectivity index (χ4v) is 6.35. The number of amides is 3. The zero-order chi connectivity index (χ0) is 20.6. The maximum absolute atomic E-state index is 13.2. The minimum Gasteiger partial charge on any atom is -0.387 e. The number of carbonyl (C=O) groups excluding carboxylic acids is 3. The second-order valence-electron chi connectivity index (χ2n) is 8.33. The van der Waals surface area contributed by atoms with Crippen molar-refractivity contribution >= 4 is 27.7 Å². The Morgan fingerprint density at radius 1 is 1.10 bits per heavy atom. The normalized spacial score (nSPS) is 26.9. The lowest BCUT2D eigenvalue weighted by Gasteiger charge is -2.45. The van der Waals surface area contributed by atoms with Gasteiger partial charge in [-0.05, 0) is 37.3 Å². The maximum Gasteiger partial charge on any atom is 0.255 e. The van der Waals surface area contributed by atoms with Crippen LogP contribution in [-0.2, 0) is 26.2 Å². The maximum atomic E-state index is 13.2. The van der Waals surface area contributed by atoms with Gasteiger partial charge >= 0.3 is 0 Å². The lowest BCUT2D eigenvalue weighted by molar-refractivity contribution is -0.136. The van der Waals surface area contributed by atoms with Gasteiger partial charge in [-0.1, -0.05) is 6.07 Å². The highest BCUT2D eigenvalue weighted by Crippen LogP contribution is 2.46. The number of nitrogens with zero attached hydrogens (tertiary/aromatic N) is 2. The van der Waals surface area contributed by atoms with Crippen LogP contribution in [0.3, 0.4) is 0 Å². The van der Waals surface area contributed by atoms with E-state index in [2.05, 4.69) is 5.32 Å². The molecular formula is C19H21N3O6S. The zero-order valence-corrected chi connectivity index (χ0v) is 16.4. The van der Waals surface area contributed by atoms with Crippen molar-refractivity contribution in [3.05, 3.63) is 29.3 Å². The van der Waals surface area contributed by atoms with Gasteiger partial charge in [-0.25, -0.2) is 8.42 Å². The Labute approximate surface area is 167 Å². The summed E-state index contributed by atoms with van der Waals surface area (Å²) >= 11 is 0. The van der Waals surface area contributed by atoms with Crippen molar-refractivity contribution in [1.29, 1.82) is 0 Å². The minimum absolute atomic E-state index is 0.00339. The Balaban J connectivity index is 1.42. The Bertz CT molecular complexity index is 1040. The SMILES string of the molecule is O=C1CCC(N2Cc3c(cccc3S(=O)(=O)N3CC(O)(C4CC4)C3)C2=O)C(=O)N1. The number of imide groups is 1. The van der Waals surface area contributed by atoms with Crippen LogP contribution in [0.15, 0.2) is 23.1 Å². The van der Waals surface area contributed by atoms with Crippen LogP contribution in [0.25, 0.3) is 0 Å². The number of nitrogens with one attached hydrogen (secondary N) is 1. The Morgan fingerprint density at radius 2 is 1.83 bits per heavy atom. The van der Waals surface area contributed by atoms with Crippen molar-refractivity contribution in [2.45, 2.75) is 48.8 Å². The molecule has 1 unspecified atom stereocenters. The molecule has 0 bridgehead atoms. The predicted molar refractivity (Wildman–Crippen MR) is 98.9 cm³/mol. The molecule has 0 aromatic heterocycles. The van der Waals surface area contributed by atoms with Crippen LogP contribution in [0.2, 0.25) is 0 Å². The number of aliphatic hydroxyl groups is 1. The van der Waals surface area contributed by atoms with Crippen molar-refractivity contribution in [1.82, 2.24) is 14.5 Å². The monoisotopic (exact) mass is 419 g/mol. The summed E-state index contributed by atoms with van der Waals surface area (Å²) in [7, 11) is -3.86. The number of β-amino-alcohol motifs (C(OH)–C–C–N with tert-alkyl or cyclic N) is 1. The average molecular weight is 419 g/mol. The number of fused-ring (bicyclic) bond motifs is 1. The molecule has 5 rings (SSSR count). The number of benzene rings is 1. The Morgan fingerprint density at radius 3 is 2.48 bits per heavy atom. The van der Waals surface area contributed by atoms with Crippen molar-refractivity contribution < 1.29 is 27.9 Å². The van der Waals surface area contributed by atoms with E-state index in [1.807, 2.05) is 0 Å². The van der Waals surface area contributed by atoms with E-state index in [0.29, 0.717) is 5.56 Å². The molecule has 3 heterocycles. The molecule has 1 aliphatic carbocycles. The molecule has 1 aromatic carbocycles. The molecule has 3 aliphatic heterocycles. The van der Waals surface area contributed by atoms with Crippen LogP contribution in [0.1, 0.15) is 41.6 Å². The molecule has 2 saturated heterocycles. The molecule has 10 heteroatoms. The van der Waals surface area contributed by atoms with E-state index in [9.17, 15) is 27.9 Å². The van der Waals surface area contributed by atoms with Crippen LogP contribution in [-0.4, -0.2) is 65.2 Å². The summed E-state index contributed by atoms with van der Waals surface area (Å²) in [5, 5.41) is 12.7. The van der Waals surface area contributed by atoms with E-state index in [-0.39, 0.29) is 54.8 Å². The third-order valence-electron chi connectivity index (χ3n) is 6.39. The molecule has 3 amide bonds. The van der Waals surface area contributed by atoms with Crippen molar-refractivity contribution in [3.8, 4) is 0 Å². The van der Waals surface area contributed by atoms with Gasteiger partial charge < -0.3 is 10.0 Å². The molecule has 9 nitrogen and oxygen atoms in total. The minimum atomic E-state index is -3.86. The third kappa shape index (κ3) is 2.81. The number of hydrogen-bond donors (Lipinski definition) is 2. The van der Waals surface area contributed by atoms with Gasteiger partial charge in [0, 0.05) is 37.2 Å². The van der Waals surface area contributed by atoms with E-state index >= 15 is 0 Å². The first-order valence-corrected chi connectivity index (χ1v) is 11.1. The summed E-state index contributed by atoms with van der Waals surface area (Å²) in [6.45, 7) is 0.125. The molecule has 0 spiro atoms. The van der Waals surface area contributed by atoms with Gasteiger partial charge in [-0.2, -0.15) is 4.31 Å². The largest absolute Gasteiger partial charge is 0.387 e. The Hall–Kier alpha value is -2.30. The van der Waals surface area contributed by atoms with E-state index in [1.54, 1.807) is 6.07 Å². The second-order valence-corrected chi connectivity index (χ2v) is 10.2. The predicted octanol–water partition coefficient (Wildman–Crippen LogP) is -0.407. The molecule has 3 fully saturated rings. The first-order valence-electron chi connectivity index (χ1n) is 9.70. The zero-order valence-electron chi connectivity index (χ0n) is 15.6. The molecule has 2 N–H and O–H groups in total. The van der Waals surface area contributed by atoms with Gasteiger partial charge in [-0.15, -0.1) is 0 Å². The van der Waals surface area contributed by atoms with Crippen LogP contribution in [0.4, 0.5) is 0 Å². The molecule has 4 aliphatic rings. The topological polar surface area (TPSA) is 124 Å². The average Bonchev–Trinajstić information content (AvgIpc) is 3.44. The van der Waals surface area contributed by atoms with E-state index in [4.69, 9.17) is 0 Å². The van der Waals surface area contributed by atoms with Gasteiger partial charge in [0.1, 0.15) is 6.04 Å². The summed E-state index contributed by atoms with van der Waals surface area (Å²) in [6, 6.07) is 3.74. The van der Waals surface area contributed by atoms with Gasteiger partial charge in [0.05, 0.1) is 10.5 Å². The van der Waals surface area contributed by atoms with Gasteiger partial charge in [0.2, 0.25) is 21.8 Å². The van der Waals surface area contributed by atoms with Crippen LogP contribution in [0, 0.1) is 5.92 Å². The number of carbonyl (C=O) groups is 3. The molecule has 1 saturated carbocycles. The smallest absolute Gasteiger partial charge is 0.255 e. The molecule has 1 atom stereocenters. The fourth-order valence-electron chi connectivity index (χ4n) is 4.55. The molecule has 0 radical (unpaired) electrons. The van der Waals surface area contributed by atoms with Gasteiger partial charge in [0.25, 0.3) is 5.91 Å². The molecule has 29 heavy (non-hydrogen) atoms. The highest BCUT2D eigenvalue weighted by molar-refractivity contribution is 7.89. The summed E-state index contributed by atoms with van der Waals surface area (Å²) in [5.41, 5.74) is -0.322. The van der Waals surface area contributed by atoms with E-state index < -0.39 is 33.5 Å². The standard InChI is InChI=1S/C19H21N3O6S/c23-16-7-6-14(17(24)20-16)22-8-13-12(18(22)25)2-1-3-15(13)29(27,28)21-9-19(26,10-21)11-4-5-11/h1-3,11,14,26H,4-10H2,(H,20,23,24). The van der Waals surface area contributed by atoms with Gasteiger partial charge in [0.15, 0.2) is 0 Å². The van der Waals surface area contributed by atoms with E-state index in [0.717, 1.165) is 12.8 Å². The highest BCUT2D eigenvalue weighted by atomic mass is 32.2. The van der Waals surface area contributed by atoms with Crippen LogP contribution in [0.5, 0.6) is 0 Å². The molecule has 154 valence electrons. The fraction of sp³-hybridized carbons (Fsp3) is 0.526. The molecular weight excluding hydrogens is 398 g/mol. The lowest BCUT2D eigenvalue weighted by atomic mass is 9.91. The van der Waals surface area contributed by atoms with Crippen molar-refractivity contribution in [2.75, 3.05) is 13.1 Å². The second kappa shape index (κ2) is 6.10. The summed E-state index contributed by atoms with van der Waals surface area (Å²) in [6.07, 6.45) is 2.18. The summed E-state index contributed by atoms with van der Waals surface area (Å²) < 4.78 is 27.6. The van der Waals surface area contributed by atoms with Crippen molar-refractivity contribution in [3.63, 3.8) is 0 Å². The number of rotatable bonds is 4. The van der Waals surface area contributed by atoms with Crippen molar-refractivity contribution in [2.24, 2.45) is 5.92 Å². The van der Waals surface area contributed by atoms with Gasteiger partial charge in [-0.3, -0.25) is 19.7 Å². The number of hydrogen-bond acceptors (Lipinski definition) is 6. The lowest BCUT2D eigenvalue weighted by Crippen LogP contribution is -2.64. The van der Waals surface area contributed by atoms with E-state index in [1.165, 1.54) is 21.3 Å². The Kier molecular flexibility index (Phi) is 3.94. The summed E-state index contributed by atoms with van der Waals surface area (Å²) in [4.78, 5) is 37.8. The quantitative estimate of drug-likeness (QED) is 0.640. The summed E-state index contributed by atoms with van der Waals surface area (Å²) in [5.74, 6) is -1.16. The number of sulfonamides is 1. The molecule has 1 aromatic rings.